The molecule has 0 aromatic carbocycles. The summed E-state index contributed by atoms with van der Waals surface area (Å²) in [6.07, 6.45) is 4.54. The standard InChI is InChI=1S/C12H24N2O2/c1-8(9(2)13)12(16)14-10-6-4-3-5-7-11(10)15/h8-11,15H,3-7,13H2,1-2H3,(H,14,16). The van der Waals surface area contributed by atoms with Crippen LogP contribution in [0.15, 0.2) is 0 Å². The quantitative estimate of drug-likeness (QED) is 0.625. The van der Waals surface area contributed by atoms with Gasteiger partial charge in [0.15, 0.2) is 0 Å². The number of hydrogen-bond acceptors (Lipinski definition) is 3. The molecule has 4 nitrogen and oxygen atoms in total. The van der Waals surface area contributed by atoms with E-state index in [2.05, 4.69) is 5.32 Å². The second-order valence-corrected chi connectivity index (χ2v) is 4.97. The summed E-state index contributed by atoms with van der Waals surface area (Å²) < 4.78 is 0. The number of hydrogen-bond donors (Lipinski definition) is 3. The van der Waals surface area contributed by atoms with Crippen molar-refractivity contribution in [3.8, 4) is 0 Å². The van der Waals surface area contributed by atoms with Crippen LogP contribution in [0.4, 0.5) is 0 Å². The molecule has 0 radical (unpaired) electrons. The SMILES string of the molecule is CC(N)C(C)C(=O)NC1CCCCCC1O. The van der Waals surface area contributed by atoms with Gasteiger partial charge in [-0.15, -0.1) is 0 Å². The van der Waals surface area contributed by atoms with Crippen molar-refractivity contribution in [1.29, 1.82) is 0 Å². The molecule has 0 bridgehead atoms. The minimum Gasteiger partial charge on any atom is -0.391 e. The van der Waals surface area contributed by atoms with Crippen LogP contribution in [0.25, 0.3) is 0 Å². The number of carbonyl (C=O) groups is 1. The Kier molecular flexibility index (Phi) is 5.22. The minimum atomic E-state index is -0.397. The van der Waals surface area contributed by atoms with Crippen molar-refractivity contribution in [2.75, 3.05) is 0 Å². The summed E-state index contributed by atoms with van der Waals surface area (Å²) in [5.41, 5.74) is 5.68. The summed E-state index contributed by atoms with van der Waals surface area (Å²) >= 11 is 0. The van der Waals surface area contributed by atoms with E-state index >= 15 is 0 Å². The number of rotatable bonds is 3. The van der Waals surface area contributed by atoms with Crippen LogP contribution in [0.5, 0.6) is 0 Å². The molecule has 0 aromatic heterocycles. The van der Waals surface area contributed by atoms with Crippen molar-refractivity contribution in [1.82, 2.24) is 5.32 Å². The molecule has 94 valence electrons. The van der Waals surface area contributed by atoms with Crippen LogP contribution in [0, 0.1) is 5.92 Å². The van der Waals surface area contributed by atoms with Crippen molar-refractivity contribution < 1.29 is 9.90 Å². The van der Waals surface area contributed by atoms with Gasteiger partial charge in [-0.25, -0.2) is 0 Å². The molecular weight excluding hydrogens is 204 g/mol. The highest BCUT2D eigenvalue weighted by molar-refractivity contribution is 5.79. The molecule has 0 spiro atoms. The monoisotopic (exact) mass is 228 g/mol. The van der Waals surface area contributed by atoms with Gasteiger partial charge >= 0.3 is 0 Å². The zero-order valence-corrected chi connectivity index (χ0v) is 10.3. The average molecular weight is 228 g/mol. The molecule has 1 aliphatic carbocycles. The van der Waals surface area contributed by atoms with Gasteiger partial charge in [0.25, 0.3) is 0 Å². The van der Waals surface area contributed by atoms with E-state index < -0.39 is 6.10 Å². The van der Waals surface area contributed by atoms with Gasteiger partial charge in [-0.05, 0) is 19.8 Å². The Morgan fingerprint density at radius 1 is 1.31 bits per heavy atom. The lowest BCUT2D eigenvalue weighted by Gasteiger charge is -2.24. The van der Waals surface area contributed by atoms with Crippen LogP contribution in [0.3, 0.4) is 0 Å². The van der Waals surface area contributed by atoms with Crippen molar-refractivity contribution in [2.24, 2.45) is 11.7 Å². The van der Waals surface area contributed by atoms with Gasteiger partial charge < -0.3 is 16.2 Å². The average Bonchev–Trinajstić information content (AvgIpc) is 2.43. The highest BCUT2D eigenvalue weighted by Crippen LogP contribution is 2.18. The Morgan fingerprint density at radius 3 is 2.56 bits per heavy atom. The first-order valence-electron chi connectivity index (χ1n) is 6.26. The first-order chi connectivity index (χ1) is 7.52. The number of aliphatic hydroxyl groups is 1. The van der Waals surface area contributed by atoms with Gasteiger partial charge in [0.05, 0.1) is 12.1 Å². The van der Waals surface area contributed by atoms with Crippen LogP contribution < -0.4 is 11.1 Å². The number of amides is 1. The molecule has 0 saturated heterocycles. The molecule has 1 amide bonds. The van der Waals surface area contributed by atoms with Crippen LogP contribution in [0.2, 0.25) is 0 Å². The molecule has 4 heteroatoms. The first kappa shape index (κ1) is 13.5. The molecular formula is C12H24N2O2. The highest BCUT2D eigenvalue weighted by atomic mass is 16.3. The number of aliphatic hydroxyl groups excluding tert-OH is 1. The first-order valence-corrected chi connectivity index (χ1v) is 6.26. The van der Waals surface area contributed by atoms with E-state index in [-0.39, 0.29) is 23.9 Å². The molecule has 4 atom stereocenters. The zero-order valence-electron chi connectivity index (χ0n) is 10.3. The Bertz CT molecular complexity index is 231. The summed E-state index contributed by atoms with van der Waals surface area (Å²) in [6.45, 7) is 3.65. The van der Waals surface area contributed by atoms with E-state index in [0.717, 1.165) is 32.1 Å². The zero-order chi connectivity index (χ0) is 12.1. The normalized spacial score (nSPS) is 30.2. The van der Waals surface area contributed by atoms with Crippen LogP contribution >= 0.6 is 0 Å². The summed E-state index contributed by atoms with van der Waals surface area (Å²) in [5, 5.41) is 12.8. The number of nitrogens with two attached hydrogens (primary N) is 1. The smallest absolute Gasteiger partial charge is 0.224 e. The van der Waals surface area contributed by atoms with Gasteiger partial charge in [0, 0.05) is 12.0 Å². The van der Waals surface area contributed by atoms with Crippen molar-refractivity contribution in [2.45, 2.75) is 64.1 Å². The molecule has 4 N–H and O–H groups in total. The molecule has 0 aliphatic heterocycles. The third-order valence-corrected chi connectivity index (χ3v) is 3.51. The lowest BCUT2D eigenvalue weighted by Crippen LogP contribution is -2.47. The third kappa shape index (κ3) is 3.76. The van der Waals surface area contributed by atoms with E-state index in [1.165, 1.54) is 0 Å². The topological polar surface area (TPSA) is 75.4 Å². The molecule has 16 heavy (non-hydrogen) atoms. The van der Waals surface area contributed by atoms with Gasteiger partial charge in [0.2, 0.25) is 5.91 Å². The van der Waals surface area contributed by atoms with Crippen LogP contribution in [0.1, 0.15) is 46.0 Å². The maximum Gasteiger partial charge on any atom is 0.224 e. The predicted molar refractivity (Wildman–Crippen MR) is 63.8 cm³/mol. The molecule has 4 unspecified atom stereocenters. The predicted octanol–water partition coefficient (Wildman–Crippen LogP) is 0.779. The molecule has 0 heterocycles. The van der Waals surface area contributed by atoms with Crippen LogP contribution in [-0.4, -0.2) is 29.2 Å². The summed E-state index contributed by atoms with van der Waals surface area (Å²) in [6, 6.07) is -0.237. The summed E-state index contributed by atoms with van der Waals surface area (Å²) in [4.78, 5) is 11.8. The second kappa shape index (κ2) is 6.21. The van der Waals surface area contributed by atoms with Gasteiger partial charge in [-0.1, -0.05) is 26.2 Å². The lowest BCUT2D eigenvalue weighted by molar-refractivity contribution is -0.126. The van der Waals surface area contributed by atoms with Crippen LogP contribution in [-0.2, 0) is 4.79 Å². The van der Waals surface area contributed by atoms with E-state index in [1.807, 2.05) is 13.8 Å². The Labute approximate surface area is 97.6 Å². The third-order valence-electron chi connectivity index (χ3n) is 3.51. The number of carbonyl (C=O) groups excluding carboxylic acids is 1. The Morgan fingerprint density at radius 2 is 1.94 bits per heavy atom. The Balaban J connectivity index is 2.48. The molecule has 1 rings (SSSR count). The number of nitrogens with one attached hydrogen (secondary N) is 1. The maximum atomic E-state index is 11.8. The van der Waals surface area contributed by atoms with Crippen molar-refractivity contribution in [3.63, 3.8) is 0 Å². The summed E-state index contributed by atoms with van der Waals surface area (Å²) in [5.74, 6) is -0.239. The molecule has 0 aromatic rings. The summed E-state index contributed by atoms with van der Waals surface area (Å²) in [7, 11) is 0. The second-order valence-electron chi connectivity index (χ2n) is 4.97. The highest BCUT2D eigenvalue weighted by Gasteiger charge is 2.26. The minimum absolute atomic E-state index is 0.0408. The lowest BCUT2D eigenvalue weighted by atomic mass is 10.0. The van der Waals surface area contributed by atoms with E-state index in [0.29, 0.717) is 0 Å². The van der Waals surface area contributed by atoms with Crippen molar-refractivity contribution >= 4 is 5.91 Å². The molecule has 1 saturated carbocycles. The van der Waals surface area contributed by atoms with Crippen molar-refractivity contribution in [3.05, 3.63) is 0 Å². The fourth-order valence-electron chi connectivity index (χ4n) is 2.01. The van der Waals surface area contributed by atoms with E-state index in [1.54, 1.807) is 0 Å². The van der Waals surface area contributed by atoms with Gasteiger partial charge in [0.1, 0.15) is 0 Å². The van der Waals surface area contributed by atoms with E-state index in [9.17, 15) is 9.90 Å². The fourth-order valence-corrected chi connectivity index (χ4v) is 2.01. The largest absolute Gasteiger partial charge is 0.391 e. The Hall–Kier alpha value is -0.610. The van der Waals surface area contributed by atoms with Gasteiger partial charge in [-0.2, -0.15) is 0 Å². The van der Waals surface area contributed by atoms with E-state index in [4.69, 9.17) is 5.73 Å². The van der Waals surface area contributed by atoms with Gasteiger partial charge in [-0.3, -0.25) is 4.79 Å². The molecule has 1 aliphatic rings. The molecule has 1 fully saturated rings. The maximum absolute atomic E-state index is 11.8. The fraction of sp³-hybridized carbons (Fsp3) is 0.917.